The molecule has 0 spiro atoms. The molecule has 3 aromatic rings. The SMILES string of the molecule is COc1cc(/C=C2\SC(=Nc3ccc(Cl)cc3)NC2=O)cc(Cl)c1OCc1ccc([N+](=O)[O-])cc1. The van der Waals surface area contributed by atoms with Gasteiger partial charge in [0.15, 0.2) is 16.7 Å². The zero-order valence-electron chi connectivity index (χ0n) is 18.2. The third-order valence-corrected chi connectivity index (χ3v) is 6.23. The molecule has 1 amide bonds. The number of benzene rings is 3. The summed E-state index contributed by atoms with van der Waals surface area (Å²) in [4.78, 5) is 27.6. The molecule has 3 aromatic carbocycles. The number of carbonyl (C=O) groups is 1. The molecule has 1 heterocycles. The molecule has 1 aliphatic rings. The van der Waals surface area contributed by atoms with E-state index in [-0.39, 0.29) is 23.2 Å². The van der Waals surface area contributed by atoms with Crippen LogP contribution in [0.1, 0.15) is 11.1 Å². The number of nitrogens with zero attached hydrogens (tertiary/aromatic N) is 2. The lowest BCUT2D eigenvalue weighted by molar-refractivity contribution is -0.384. The van der Waals surface area contributed by atoms with E-state index in [1.54, 1.807) is 54.6 Å². The zero-order chi connectivity index (χ0) is 24.9. The molecule has 35 heavy (non-hydrogen) atoms. The summed E-state index contributed by atoms with van der Waals surface area (Å²) in [5, 5.41) is 14.9. The van der Waals surface area contributed by atoms with E-state index in [4.69, 9.17) is 32.7 Å². The van der Waals surface area contributed by atoms with E-state index in [9.17, 15) is 14.9 Å². The number of halogens is 2. The number of amidine groups is 1. The zero-order valence-corrected chi connectivity index (χ0v) is 20.5. The third kappa shape index (κ3) is 6.13. The van der Waals surface area contributed by atoms with Crippen LogP contribution in [-0.2, 0) is 11.4 Å². The number of nitrogens with one attached hydrogen (secondary N) is 1. The number of methoxy groups -OCH3 is 1. The first-order valence-electron chi connectivity index (χ1n) is 10.1. The van der Waals surface area contributed by atoms with E-state index >= 15 is 0 Å². The molecule has 178 valence electrons. The molecule has 1 saturated heterocycles. The predicted octanol–water partition coefficient (Wildman–Crippen LogP) is 6.38. The molecule has 1 N–H and O–H groups in total. The number of hydrogen-bond donors (Lipinski definition) is 1. The Hall–Kier alpha value is -3.53. The molecule has 8 nitrogen and oxygen atoms in total. The van der Waals surface area contributed by atoms with Crippen LogP contribution in [-0.4, -0.2) is 23.1 Å². The number of amides is 1. The van der Waals surface area contributed by atoms with Crippen LogP contribution in [0, 0.1) is 10.1 Å². The molecule has 0 bridgehead atoms. The highest BCUT2D eigenvalue weighted by Crippen LogP contribution is 2.38. The number of non-ortho nitro benzene ring substituents is 1. The monoisotopic (exact) mass is 529 g/mol. The number of nitro groups is 1. The van der Waals surface area contributed by atoms with E-state index < -0.39 is 4.92 Å². The predicted molar refractivity (Wildman–Crippen MR) is 138 cm³/mol. The Labute approximate surface area is 214 Å². The fourth-order valence-corrected chi connectivity index (χ4v) is 4.34. The minimum Gasteiger partial charge on any atom is -0.493 e. The van der Waals surface area contributed by atoms with Crippen LogP contribution in [0.2, 0.25) is 10.0 Å². The average Bonchev–Trinajstić information content (AvgIpc) is 3.18. The molecule has 11 heteroatoms. The van der Waals surface area contributed by atoms with Crippen molar-refractivity contribution in [2.45, 2.75) is 6.61 Å². The maximum absolute atomic E-state index is 12.4. The summed E-state index contributed by atoms with van der Waals surface area (Å²) in [6.45, 7) is 0.136. The number of aliphatic imine (C=N–C) groups is 1. The molecule has 4 rings (SSSR count). The van der Waals surface area contributed by atoms with Gasteiger partial charge in [0.2, 0.25) is 0 Å². The van der Waals surface area contributed by atoms with Crippen LogP contribution in [0.25, 0.3) is 6.08 Å². The largest absolute Gasteiger partial charge is 0.493 e. The van der Waals surface area contributed by atoms with E-state index in [2.05, 4.69) is 10.3 Å². The van der Waals surface area contributed by atoms with Gasteiger partial charge >= 0.3 is 0 Å². The van der Waals surface area contributed by atoms with Crippen molar-refractivity contribution < 1.29 is 19.2 Å². The Morgan fingerprint density at radius 2 is 1.83 bits per heavy atom. The highest BCUT2D eigenvalue weighted by molar-refractivity contribution is 8.18. The van der Waals surface area contributed by atoms with Gasteiger partial charge in [0.25, 0.3) is 11.6 Å². The normalized spacial score (nSPS) is 15.3. The second-order valence-electron chi connectivity index (χ2n) is 7.20. The molecular weight excluding hydrogens is 513 g/mol. The maximum Gasteiger partial charge on any atom is 0.269 e. The molecule has 0 saturated carbocycles. The van der Waals surface area contributed by atoms with Crippen LogP contribution in [0.4, 0.5) is 11.4 Å². The van der Waals surface area contributed by atoms with Crippen LogP contribution in [0.5, 0.6) is 11.5 Å². The average molecular weight is 530 g/mol. The van der Waals surface area contributed by atoms with Crippen LogP contribution in [0.15, 0.2) is 70.6 Å². The first-order chi connectivity index (χ1) is 16.8. The quantitative estimate of drug-likeness (QED) is 0.216. The van der Waals surface area contributed by atoms with Crippen LogP contribution in [0.3, 0.4) is 0 Å². The van der Waals surface area contributed by atoms with E-state index in [0.717, 1.165) is 5.56 Å². The maximum atomic E-state index is 12.4. The molecule has 1 aliphatic heterocycles. The summed E-state index contributed by atoms with van der Waals surface area (Å²) < 4.78 is 11.3. The smallest absolute Gasteiger partial charge is 0.269 e. The Kier molecular flexibility index (Phi) is 7.60. The Morgan fingerprint density at radius 3 is 2.49 bits per heavy atom. The van der Waals surface area contributed by atoms with Crippen molar-refractivity contribution >= 4 is 63.5 Å². The summed E-state index contributed by atoms with van der Waals surface area (Å²) in [7, 11) is 1.48. The lowest BCUT2D eigenvalue weighted by atomic mass is 10.1. The van der Waals surface area contributed by atoms with E-state index in [1.807, 2.05) is 0 Å². The summed E-state index contributed by atoms with van der Waals surface area (Å²) in [5.41, 5.74) is 2.03. The fraction of sp³-hybridized carbons (Fsp3) is 0.0833. The van der Waals surface area contributed by atoms with Crippen molar-refractivity contribution in [3.63, 3.8) is 0 Å². The van der Waals surface area contributed by atoms with Crippen LogP contribution >= 0.6 is 35.0 Å². The first kappa shape index (κ1) is 24.6. The Morgan fingerprint density at radius 1 is 1.11 bits per heavy atom. The van der Waals surface area contributed by atoms with Gasteiger partial charge in [-0.2, -0.15) is 0 Å². The number of rotatable bonds is 7. The molecule has 0 atom stereocenters. The molecule has 0 aliphatic carbocycles. The van der Waals surface area contributed by atoms with E-state index in [1.165, 1.54) is 31.0 Å². The van der Waals surface area contributed by atoms with Crippen molar-refractivity contribution in [3.05, 3.63) is 96.9 Å². The molecule has 0 radical (unpaired) electrons. The Bertz CT molecular complexity index is 1340. The van der Waals surface area contributed by atoms with Crippen molar-refractivity contribution in [1.29, 1.82) is 0 Å². The highest BCUT2D eigenvalue weighted by Gasteiger charge is 2.24. The van der Waals surface area contributed by atoms with Crippen molar-refractivity contribution in [2.75, 3.05) is 7.11 Å². The number of ether oxygens (including phenoxy) is 2. The number of hydrogen-bond acceptors (Lipinski definition) is 7. The van der Waals surface area contributed by atoms with Gasteiger partial charge in [0, 0.05) is 17.2 Å². The molecular formula is C24H17Cl2N3O5S. The summed E-state index contributed by atoms with van der Waals surface area (Å²) in [6, 6.07) is 16.3. The lowest BCUT2D eigenvalue weighted by Gasteiger charge is -2.13. The van der Waals surface area contributed by atoms with Gasteiger partial charge in [-0.05, 0) is 77.5 Å². The van der Waals surface area contributed by atoms with Gasteiger partial charge < -0.3 is 14.8 Å². The van der Waals surface area contributed by atoms with Gasteiger partial charge in [-0.1, -0.05) is 23.2 Å². The van der Waals surface area contributed by atoms with Crippen molar-refractivity contribution in [2.24, 2.45) is 4.99 Å². The number of thioether (sulfide) groups is 1. The highest BCUT2D eigenvalue weighted by atomic mass is 35.5. The standard InChI is InChI=1S/C24H17Cl2N3O5S/c1-33-20-11-15(10-19(26)22(20)34-13-14-2-8-18(9-3-14)29(31)32)12-21-23(30)28-24(35-21)27-17-6-4-16(25)5-7-17/h2-12H,13H2,1H3,(H,27,28,30)/b21-12-. The second kappa shape index (κ2) is 10.8. The molecule has 0 aromatic heterocycles. The lowest BCUT2D eigenvalue weighted by Crippen LogP contribution is -2.19. The van der Waals surface area contributed by atoms with Gasteiger partial charge in [-0.25, -0.2) is 4.99 Å². The summed E-state index contributed by atoms with van der Waals surface area (Å²) in [5.74, 6) is 0.421. The minimum absolute atomic E-state index is 0.00283. The van der Waals surface area contributed by atoms with Crippen LogP contribution < -0.4 is 14.8 Å². The summed E-state index contributed by atoms with van der Waals surface area (Å²) >= 11 is 13.5. The van der Waals surface area contributed by atoms with Gasteiger partial charge in [0.05, 0.1) is 27.6 Å². The van der Waals surface area contributed by atoms with Crippen molar-refractivity contribution in [3.8, 4) is 11.5 Å². The molecule has 1 fully saturated rings. The fourth-order valence-electron chi connectivity index (χ4n) is 3.10. The van der Waals surface area contributed by atoms with Gasteiger partial charge in [0.1, 0.15) is 6.61 Å². The van der Waals surface area contributed by atoms with Gasteiger partial charge in [-0.3, -0.25) is 14.9 Å². The van der Waals surface area contributed by atoms with Crippen molar-refractivity contribution in [1.82, 2.24) is 5.32 Å². The topological polar surface area (TPSA) is 103 Å². The first-order valence-corrected chi connectivity index (χ1v) is 11.7. The Balaban J connectivity index is 1.50. The van der Waals surface area contributed by atoms with Gasteiger partial charge in [-0.15, -0.1) is 0 Å². The number of carbonyl (C=O) groups excluding carboxylic acids is 1. The third-order valence-electron chi connectivity index (χ3n) is 4.79. The molecule has 0 unspecified atom stereocenters. The van der Waals surface area contributed by atoms with E-state index in [0.29, 0.717) is 37.8 Å². The second-order valence-corrected chi connectivity index (χ2v) is 9.08. The minimum atomic E-state index is -0.465. The summed E-state index contributed by atoms with van der Waals surface area (Å²) in [6.07, 6.45) is 1.68. The number of nitro benzene ring substituents is 1.